The van der Waals surface area contributed by atoms with Crippen molar-refractivity contribution in [2.45, 2.75) is 36.3 Å². The minimum absolute atomic E-state index is 0.201. The molecule has 0 saturated heterocycles. The van der Waals surface area contributed by atoms with Crippen LogP contribution < -0.4 is 0 Å². The first-order valence-corrected chi connectivity index (χ1v) is 8.61. The summed E-state index contributed by atoms with van der Waals surface area (Å²) in [7, 11) is 0. The number of alkyl halides is 9. The van der Waals surface area contributed by atoms with E-state index in [0.29, 0.717) is 5.56 Å². The highest BCUT2D eigenvalue weighted by Gasteiger charge is 2.83. The highest BCUT2D eigenvalue weighted by molar-refractivity contribution is 6.01. The smallest absolute Gasteiger partial charge is 0.294 e. The van der Waals surface area contributed by atoms with Crippen LogP contribution >= 0.6 is 0 Å². The first-order valence-electron chi connectivity index (χ1n) is 8.61. The van der Waals surface area contributed by atoms with Crippen molar-refractivity contribution in [1.82, 2.24) is 0 Å². The minimum Gasteiger partial charge on any atom is -0.294 e. The van der Waals surface area contributed by atoms with Crippen molar-refractivity contribution in [3.8, 4) is 0 Å². The van der Waals surface area contributed by atoms with Gasteiger partial charge in [0.05, 0.1) is 5.92 Å². The minimum atomic E-state index is -7.04. The second kappa shape index (κ2) is 7.02. The van der Waals surface area contributed by atoms with Crippen molar-refractivity contribution in [3.63, 3.8) is 0 Å². The maximum Gasteiger partial charge on any atom is 0.460 e. The van der Waals surface area contributed by atoms with Gasteiger partial charge in [-0.05, 0) is 17.5 Å². The largest absolute Gasteiger partial charge is 0.460 e. The Bertz CT molecular complexity index is 935. The molecular formula is C20H13F9O. The molecule has 0 fully saturated rings. The van der Waals surface area contributed by atoms with Crippen LogP contribution in [0, 0.1) is 5.92 Å². The summed E-state index contributed by atoms with van der Waals surface area (Å²) < 4.78 is 121. The predicted molar refractivity (Wildman–Crippen MR) is 88.1 cm³/mol. The molecule has 2 atom stereocenters. The maximum absolute atomic E-state index is 14.6. The van der Waals surface area contributed by atoms with E-state index in [0.717, 1.165) is 6.07 Å². The summed E-state index contributed by atoms with van der Waals surface area (Å²) in [4.78, 5) is 12.5. The average Bonchev–Trinajstić information content (AvgIpc) is 2.68. The lowest BCUT2D eigenvalue weighted by Crippen LogP contribution is -2.64. The second-order valence-electron chi connectivity index (χ2n) is 6.97. The third-order valence-electron chi connectivity index (χ3n) is 5.20. The Balaban J connectivity index is 2.13. The van der Waals surface area contributed by atoms with E-state index >= 15 is 0 Å². The molecule has 0 radical (unpaired) electrons. The van der Waals surface area contributed by atoms with E-state index in [1.54, 1.807) is 6.07 Å². The molecule has 2 aromatic rings. The van der Waals surface area contributed by atoms with Gasteiger partial charge in [-0.2, -0.15) is 39.5 Å². The number of carbonyl (C=O) groups excluding carboxylic acids is 1. The van der Waals surface area contributed by atoms with Crippen molar-refractivity contribution in [3.05, 3.63) is 71.3 Å². The fourth-order valence-corrected chi connectivity index (χ4v) is 3.60. The number of Topliss-reactive ketones (excluding diaryl/α,β-unsaturated/α-hetero) is 1. The Hall–Kier alpha value is -2.52. The topological polar surface area (TPSA) is 17.1 Å². The quantitative estimate of drug-likeness (QED) is 0.497. The van der Waals surface area contributed by atoms with E-state index in [4.69, 9.17) is 0 Å². The number of hydrogen-bond acceptors (Lipinski definition) is 1. The van der Waals surface area contributed by atoms with Gasteiger partial charge < -0.3 is 0 Å². The zero-order chi connectivity index (χ0) is 22.5. The molecule has 10 heteroatoms. The van der Waals surface area contributed by atoms with Crippen LogP contribution in [0.4, 0.5) is 39.5 Å². The van der Waals surface area contributed by atoms with Gasteiger partial charge in [0, 0.05) is 11.5 Å². The fourth-order valence-electron chi connectivity index (χ4n) is 3.60. The maximum atomic E-state index is 14.6. The van der Waals surface area contributed by atoms with E-state index in [1.165, 1.54) is 42.5 Å². The molecule has 0 amide bonds. The van der Waals surface area contributed by atoms with Crippen molar-refractivity contribution in [2.24, 2.45) is 5.92 Å². The molecule has 2 unspecified atom stereocenters. The van der Waals surface area contributed by atoms with Crippen LogP contribution in [0.25, 0.3) is 0 Å². The number of fused-ring (bicyclic) bond motifs is 1. The van der Waals surface area contributed by atoms with Gasteiger partial charge in [-0.15, -0.1) is 0 Å². The second-order valence-corrected chi connectivity index (χ2v) is 6.97. The van der Waals surface area contributed by atoms with Gasteiger partial charge in [-0.25, -0.2) is 0 Å². The standard InChI is InChI=1S/C20H13F9O/c21-17(22,18(23,24)19(25,26)20(27,28)29)15-10-14(11-6-2-1-3-7-11)12-8-4-5-9-13(12)16(15)30/h1-9,14-15H,10H2. The van der Waals surface area contributed by atoms with Gasteiger partial charge in [-0.1, -0.05) is 54.6 Å². The van der Waals surface area contributed by atoms with Gasteiger partial charge in [-0.3, -0.25) is 4.79 Å². The van der Waals surface area contributed by atoms with Crippen LogP contribution in [0.15, 0.2) is 54.6 Å². The number of hydrogen-bond donors (Lipinski definition) is 0. The van der Waals surface area contributed by atoms with Crippen LogP contribution in [0.5, 0.6) is 0 Å². The fraction of sp³-hybridized carbons (Fsp3) is 0.350. The van der Waals surface area contributed by atoms with Crippen LogP contribution in [-0.2, 0) is 0 Å². The third kappa shape index (κ3) is 3.16. The predicted octanol–water partition coefficient (Wildman–Crippen LogP) is 6.49. The Morgan fingerprint density at radius 1 is 0.700 bits per heavy atom. The lowest BCUT2D eigenvalue weighted by atomic mass is 9.70. The average molecular weight is 440 g/mol. The monoisotopic (exact) mass is 440 g/mol. The molecule has 1 aliphatic rings. The molecule has 0 bridgehead atoms. The molecule has 1 nitrogen and oxygen atoms in total. The van der Waals surface area contributed by atoms with Gasteiger partial charge in [0.2, 0.25) is 0 Å². The summed E-state index contributed by atoms with van der Waals surface area (Å²) in [6.07, 6.45) is -8.00. The molecular weight excluding hydrogens is 427 g/mol. The molecule has 3 rings (SSSR count). The Morgan fingerprint density at radius 2 is 1.23 bits per heavy atom. The zero-order valence-electron chi connectivity index (χ0n) is 14.9. The first kappa shape index (κ1) is 22.2. The van der Waals surface area contributed by atoms with E-state index in [2.05, 4.69) is 0 Å². The number of benzene rings is 2. The summed E-state index contributed by atoms with van der Waals surface area (Å²) in [5.74, 6) is -25.6. The van der Waals surface area contributed by atoms with Gasteiger partial charge in [0.25, 0.3) is 0 Å². The lowest BCUT2D eigenvalue weighted by molar-refractivity contribution is -0.400. The number of rotatable bonds is 4. The van der Waals surface area contributed by atoms with Gasteiger partial charge in [0.1, 0.15) is 0 Å². The van der Waals surface area contributed by atoms with Crippen molar-refractivity contribution in [1.29, 1.82) is 0 Å². The molecule has 0 saturated carbocycles. The van der Waals surface area contributed by atoms with E-state index in [-0.39, 0.29) is 5.56 Å². The summed E-state index contributed by atoms with van der Waals surface area (Å²) in [6, 6.07) is 12.7. The molecule has 0 spiro atoms. The summed E-state index contributed by atoms with van der Waals surface area (Å²) >= 11 is 0. The summed E-state index contributed by atoms with van der Waals surface area (Å²) in [5, 5.41) is 0. The molecule has 2 aromatic carbocycles. The third-order valence-corrected chi connectivity index (χ3v) is 5.20. The van der Waals surface area contributed by atoms with E-state index in [1.807, 2.05) is 0 Å². The summed E-state index contributed by atoms with van der Waals surface area (Å²) in [6.45, 7) is 0. The molecule has 0 N–H and O–H groups in total. The number of carbonyl (C=O) groups is 1. The molecule has 0 heterocycles. The Kier molecular flexibility index (Phi) is 5.19. The highest BCUT2D eigenvalue weighted by Crippen LogP contribution is 2.58. The molecule has 30 heavy (non-hydrogen) atoms. The Morgan fingerprint density at radius 3 is 1.80 bits per heavy atom. The normalized spacial score (nSPS) is 20.8. The van der Waals surface area contributed by atoms with Crippen LogP contribution in [-0.4, -0.2) is 29.7 Å². The van der Waals surface area contributed by atoms with Crippen molar-refractivity contribution < 1.29 is 44.3 Å². The molecule has 0 aromatic heterocycles. The number of halogens is 9. The van der Waals surface area contributed by atoms with Crippen molar-refractivity contribution >= 4 is 5.78 Å². The molecule has 0 aliphatic heterocycles. The lowest BCUT2D eigenvalue weighted by Gasteiger charge is -2.40. The van der Waals surface area contributed by atoms with Crippen LogP contribution in [0.2, 0.25) is 0 Å². The van der Waals surface area contributed by atoms with E-state index in [9.17, 15) is 44.3 Å². The number of ketones is 1. The highest BCUT2D eigenvalue weighted by atomic mass is 19.4. The van der Waals surface area contributed by atoms with Crippen LogP contribution in [0.1, 0.15) is 33.8 Å². The Labute approximate surface area is 164 Å². The van der Waals surface area contributed by atoms with E-state index < -0.39 is 53.5 Å². The SMILES string of the molecule is O=C1c2ccccc2C(c2ccccc2)CC1C(F)(F)C(F)(F)C(F)(F)C(F)(F)F. The van der Waals surface area contributed by atoms with Gasteiger partial charge in [0.15, 0.2) is 5.78 Å². The van der Waals surface area contributed by atoms with Crippen molar-refractivity contribution in [2.75, 3.05) is 0 Å². The van der Waals surface area contributed by atoms with Gasteiger partial charge >= 0.3 is 23.9 Å². The zero-order valence-corrected chi connectivity index (χ0v) is 14.9. The van der Waals surface area contributed by atoms with Crippen LogP contribution in [0.3, 0.4) is 0 Å². The molecule has 162 valence electrons. The summed E-state index contributed by atoms with van der Waals surface area (Å²) in [5.41, 5.74) is 0.101. The molecule has 1 aliphatic carbocycles. The first-order chi connectivity index (χ1) is 13.7.